The molecule has 20 heavy (non-hydrogen) atoms. The number of imidazole rings is 1. The maximum Gasteiger partial charge on any atom is 0.175 e. The van der Waals surface area contributed by atoms with Gasteiger partial charge in [-0.1, -0.05) is 6.07 Å². The number of aromatic nitrogens is 3. The van der Waals surface area contributed by atoms with E-state index in [1.165, 1.54) is 0 Å². The number of pyridine rings is 1. The molecule has 0 radical (unpaired) electrons. The molecule has 0 spiro atoms. The van der Waals surface area contributed by atoms with Gasteiger partial charge in [0.15, 0.2) is 5.11 Å². The number of rotatable bonds is 2. The van der Waals surface area contributed by atoms with E-state index in [1.807, 2.05) is 41.9 Å². The van der Waals surface area contributed by atoms with Crippen LogP contribution in [0.15, 0.2) is 49.1 Å². The molecule has 2 heterocycles. The summed E-state index contributed by atoms with van der Waals surface area (Å²) in [7, 11) is 1.96. The Hall–Kier alpha value is -2.47. The zero-order chi connectivity index (χ0) is 13.9. The molecule has 100 valence electrons. The van der Waals surface area contributed by atoms with E-state index in [2.05, 4.69) is 20.6 Å². The fraction of sp³-hybridized carbons (Fsp3) is 0.0714. The summed E-state index contributed by atoms with van der Waals surface area (Å²) in [6.45, 7) is 0. The van der Waals surface area contributed by atoms with Gasteiger partial charge in [-0.3, -0.25) is 4.98 Å². The van der Waals surface area contributed by atoms with Gasteiger partial charge in [0.2, 0.25) is 0 Å². The zero-order valence-electron chi connectivity index (χ0n) is 10.9. The van der Waals surface area contributed by atoms with Crippen LogP contribution in [-0.4, -0.2) is 19.6 Å². The molecule has 0 aliphatic heterocycles. The standard InChI is InChI=1S/C14H13N5S/c1-19-9-16-13-11(5-2-6-12(13)19)18-14(20)17-10-4-3-7-15-8-10/h2-9H,1H3,(H2,17,18,20). The summed E-state index contributed by atoms with van der Waals surface area (Å²) in [6.07, 6.45) is 5.22. The summed E-state index contributed by atoms with van der Waals surface area (Å²) in [5, 5.41) is 6.76. The zero-order valence-corrected chi connectivity index (χ0v) is 11.7. The first-order valence-electron chi connectivity index (χ1n) is 6.12. The van der Waals surface area contributed by atoms with Crippen LogP contribution in [0.3, 0.4) is 0 Å². The molecule has 2 aromatic heterocycles. The second-order valence-corrected chi connectivity index (χ2v) is 4.76. The molecular formula is C14H13N5S. The monoisotopic (exact) mass is 283 g/mol. The maximum absolute atomic E-state index is 5.30. The Morgan fingerprint density at radius 2 is 2.10 bits per heavy atom. The molecule has 0 saturated carbocycles. The van der Waals surface area contributed by atoms with E-state index in [0.29, 0.717) is 5.11 Å². The second kappa shape index (κ2) is 5.26. The van der Waals surface area contributed by atoms with E-state index in [1.54, 1.807) is 18.7 Å². The molecule has 0 atom stereocenters. The first kappa shape index (κ1) is 12.6. The summed E-state index contributed by atoms with van der Waals surface area (Å²) in [4.78, 5) is 8.41. The minimum atomic E-state index is 0.510. The molecule has 3 rings (SSSR count). The highest BCUT2D eigenvalue weighted by molar-refractivity contribution is 7.80. The number of nitrogens with zero attached hydrogens (tertiary/aromatic N) is 3. The molecule has 5 nitrogen and oxygen atoms in total. The van der Waals surface area contributed by atoms with Crippen LogP contribution in [0, 0.1) is 0 Å². The molecule has 6 heteroatoms. The van der Waals surface area contributed by atoms with Crippen molar-refractivity contribution in [2.45, 2.75) is 0 Å². The van der Waals surface area contributed by atoms with Crippen LogP contribution in [0.25, 0.3) is 11.0 Å². The summed E-state index contributed by atoms with van der Waals surface area (Å²) >= 11 is 5.30. The van der Waals surface area contributed by atoms with Crippen LogP contribution in [0.5, 0.6) is 0 Å². The Balaban J connectivity index is 1.81. The number of hydrogen-bond acceptors (Lipinski definition) is 3. The normalized spacial score (nSPS) is 10.4. The molecule has 0 fully saturated rings. The molecule has 0 unspecified atom stereocenters. The SMILES string of the molecule is Cn1cnc2c(NC(=S)Nc3cccnc3)cccc21. The smallest absolute Gasteiger partial charge is 0.175 e. The number of para-hydroxylation sites is 1. The molecular weight excluding hydrogens is 270 g/mol. The van der Waals surface area contributed by atoms with Crippen LogP contribution in [0.2, 0.25) is 0 Å². The van der Waals surface area contributed by atoms with Crippen molar-refractivity contribution in [2.75, 3.05) is 10.6 Å². The predicted molar refractivity (Wildman–Crippen MR) is 84.8 cm³/mol. The fourth-order valence-electron chi connectivity index (χ4n) is 1.98. The Morgan fingerprint density at radius 1 is 1.20 bits per heavy atom. The van der Waals surface area contributed by atoms with Gasteiger partial charge in [-0.15, -0.1) is 0 Å². The average molecular weight is 283 g/mol. The largest absolute Gasteiger partial charge is 0.334 e. The Morgan fingerprint density at radius 3 is 2.90 bits per heavy atom. The third-order valence-corrected chi connectivity index (χ3v) is 3.13. The lowest BCUT2D eigenvalue weighted by Crippen LogP contribution is -2.19. The molecule has 0 aliphatic carbocycles. The number of aryl methyl sites for hydroxylation is 1. The number of fused-ring (bicyclic) bond motifs is 1. The van der Waals surface area contributed by atoms with Gasteiger partial charge in [0.25, 0.3) is 0 Å². The maximum atomic E-state index is 5.30. The van der Waals surface area contributed by atoms with Gasteiger partial charge >= 0.3 is 0 Å². The van der Waals surface area contributed by atoms with Gasteiger partial charge in [-0.05, 0) is 36.5 Å². The summed E-state index contributed by atoms with van der Waals surface area (Å²) in [5.74, 6) is 0. The highest BCUT2D eigenvalue weighted by Crippen LogP contribution is 2.21. The Labute approximate surface area is 121 Å². The molecule has 3 aromatic rings. The highest BCUT2D eigenvalue weighted by atomic mass is 32.1. The van der Waals surface area contributed by atoms with E-state index < -0.39 is 0 Å². The fourth-order valence-corrected chi connectivity index (χ4v) is 2.21. The lowest BCUT2D eigenvalue weighted by molar-refractivity contribution is 0.948. The summed E-state index contributed by atoms with van der Waals surface area (Å²) < 4.78 is 1.97. The van der Waals surface area contributed by atoms with E-state index in [0.717, 1.165) is 22.4 Å². The number of benzene rings is 1. The van der Waals surface area contributed by atoms with Crippen LogP contribution in [-0.2, 0) is 7.05 Å². The molecule has 1 aromatic carbocycles. The van der Waals surface area contributed by atoms with Gasteiger partial charge in [0, 0.05) is 13.2 Å². The van der Waals surface area contributed by atoms with Crippen LogP contribution < -0.4 is 10.6 Å². The number of anilines is 2. The Kier molecular flexibility index (Phi) is 3.30. The predicted octanol–water partition coefficient (Wildman–Crippen LogP) is 2.78. The van der Waals surface area contributed by atoms with Crippen molar-refractivity contribution in [2.24, 2.45) is 7.05 Å². The first-order chi connectivity index (χ1) is 9.74. The number of thiocarbonyl (C=S) groups is 1. The molecule has 0 amide bonds. The van der Waals surface area contributed by atoms with Gasteiger partial charge in [-0.2, -0.15) is 0 Å². The van der Waals surface area contributed by atoms with Crippen molar-refractivity contribution in [3.8, 4) is 0 Å². The molecule has 2 N–H and O–H groups in total. The topological polar surface area (TPSA) is 54.8 Å². The van der Waals surface area contributed by atoms with E-state index >= 15 is 0 Å². The minimum Gasteiger partial charge on any atom is -0.334 e. The molecule has 0 aliphatic rings. The molecule has 0 bridgehead atoms. The lowest BCUT2D eigenvalue weighted by Gasteiger charge is -2.10. The van der Waals surface area contributed by atoms with Crippen molar-refractivity contribution in [1.29, 1.82) is 0 Å². The Bertz CT molecular complexity index is 751. The third kappa shape index (κ3) is 2.46. The van der Waals surface area contributed by atoms with Crippen molar-refractivity contribution in [1.82, 2.24) is 14.5 Å². The van der Waals surface area contributed by atoms with Crippen LogP contribution >= 0.6 is 12.2 Å². The quantitative estimate of drug-likeness (QED) is 0.708. The van der Waals surface area contributed by atoms with Crippen molar-refractivity contribution < 1.29 is 0 Å². The average Bonchev–Trinajstić information content (AvgIpc) is 2.83. The first-order valence-corrected chi connectivity index (χ1v) is 6.53. The van der Waals surface area contributed by atoms with Crippen LogP contribution in [0.1, 0.15) is 0 Å². The van der Waals surface area contributed by atoms with E-state index in [4.69, 9.17) is 12.2 Å². The third-order valence-electron chi connectivity index (χ3n) is 2.92. The number of nitrogens with one attached hydrogen (secondary N) is 2. The summed E-state index contributed by atoms with van der Waals surface area (Å²) in [6, 6.07) is 9.70. The van der Waals surface area contributed by atoms with Crippen molar-refractivity contribution in [3.05, 3.63) is 49.1 Å². The van der Waals surface area contributed by atoms with Crippen LogP contribution in [0.4, 0.5) is 11.4 Å². The van der Waals surface area contributed by atoms with Crippen molar-refractivity contribution in [3.63, 3.8) is 0 Å². The lowest BCUT2D eigenvalue weighted by atomic mass is 10.2. The van der Waals surface area contributed by atoms with Gasteiger partial charge in [0.1, 0.15) is 5.52 Å². The number of hydrogen-bond donors (Lipinski definition) is 2. The summed E-state index contributed by atoms with van der Waals surface area (Å²) in [5.41, 5.74) is 3.67. The highest BCUT2D eigenvalue weighted by Gasteiger charge is 2.06. The molecule has 0 saturated heterocycles. The van der Waals surface area contributed by atoms with E-state index in [-0.39, 0.29) is 0 Å². The van der Waals surface area contributed by atoms with Gasteiger partial charge < -0.3 is 15.2 Å². The van der Waals surface area contributed by atoms with Gasteiger partial charge in [0.05, 0.1) is 29.4 Å². The minimum absolute atomic E-state index is 0.510. The van der Waals surface area contributed by atoms with Gasteiger partial charge in [-0.25, -0.2) is 4.98 Å². The second-order valence-electron chi connectivity index (χ2n) is 4.35. The van der Waals surface area contributed by atoms with Crippen molar-refractivity contribution >= 4 is 39.7 Å². The van der Waals surface area contributed by atoms with E-state index in [9.17, 15) is 0 Å².